The molecule has 19 heavy (non-hydrogen) atoms. The molecule has 0 radical (unpaired) electrons. The lowest BCUT2D eigenvalue weighted by molar-refractivity contribution is 0.0636. The fourth-order valence-electron chi connectivity index (χ4n) is 1.57. The molecular formula is C13H16N2O3S. The Morgan fingerprint density at radius 2 is 2.21 bits per heavy atom. The minimum Gasteiger partial charge on any atom is -0.444 e. The number of amides is 1. The van der Waals surface area contributed by atoms with Gasteiger partial charge in [-0.3, -0.25) is 5.32 Å². The molecule has 0 atom stereocenters. The van der Waals surface area contributed by atoms with Gasteiger partial charge in [0, 0.05) is 0 Å². The first-order valence-corrected chi connectivity index (χ1v) is 6.70. The predicted octanol–water partition coefficient (Wildman–Crippen LogP) is 3.14. The van der Waals surface area contributed by atoms with Crippen LogP contribution >= 0.6 is 11.3 Å². The lowest BCUT2D eigenvalue weighted by Crippen LogP contribution is -2.27. The van der Waals surface area contributed by atoms with E-state index in [-0.39, 0.29) is 6.61 Å². The first-order chi connectivity index (χ1) is 8.89. The summed E-state index contributed by atoms with van der Waals surface area (Å²) in [5.74, 6) is 0. The van der Waals surface area contributed by atoms with Gasteiger partial charge in [0.25, 0.3) is 0 Å². The molecular weight excluding hydrogens is 264 g/mol. The summed E-state index contributed by atoms with van der Waals surface area (Å²) in [6, 6.07) is 5.49. The maximum absolute atomic E-state index is 11.6. The van der Waals surface area contributed by atoms with Gasteiger partial charge in [-0.05, 0) is 32.4 Å². The van der Waals surface area contributed by atoms with E-state index in [1.165, 1.54) is 11.3 Å². The quantitative estimate of drug-likeness (QED) is 0.886. The Morgan fingerprint density at radius 3 is 2.84 bits per heavy atom. The van der Waals surface area contributed by atoms with Crippen LogP contribution in [-0.4, -0.2) is 21.8 Å². The van der Waals surface area contributed by atoms with E-state index < -0.39 is 11.7 Å². The van der Waals surface area contributed by atoms with Gasteiger partial charge >= 0.3 is 6.09 Å². The lowest BCUT2D eigenvalue weighted by atomic mass is 10.2. The van der Waals surface area contributed by atoms with Gasteiger partial charge in [-0.15, -0.1) is 0 Å². The molecule has 1 aromatic heterocycles. The zero-order chi connectivity index (χ0) is 14.0. The highest BCUT2D eigenvalue weighted by Crippen LogP contribution is 2.29. The van der Waals surface area contributed by atoms with Crippen molar-refractivity contribution in [3.63, 3.8) is 0 Å². The number of hydrogen-bond donors (Lipinski definition) is 2. The smallest absolute Gasteiger partial charge is 0.413 e. The van der Waals surface area contributed by atoms with Crippen molar-refractivity contribution < 1.29 is 14.6 Å². The zero-order valence-electron chi connectivity index (χ0n) is 11.1. The number of nitrogens with one attached hydrogen (secondary N) is 1. The van der Waals surface area contributed by atoms with Crippen LogP contribution in [0.5, 0.6) is 0 Å². The molecule has 0 spiro atoms. The maximum Gasteiger partial charge on any atom is 0.413 e. The summed E-state index contributed by atoms with van der Waals surface area (Å²) >= 11 is 1.32. The second kappa shape index (κ2) is 5.14. The summed E-state index contributed by atoms with van der Waals surface area (Å²) in [7, 11) is 0. The van der Waals surface area contributed by atoms with Crippen molar-refractivity contribution in [2.45, 2.75) is 33.0 Å². The Bertz CT molecular complexity index is 601. The summed E-state index contributed by atoms with van der Waals surface area (Å²) in [4.78, 5) is 15.9. The molecule has 5 nitrogen and oxygen atoms in total. The minimum absolute atomic E-state index is 0.0502. The summed E-state index contributed by atoms with van der Waals surface area (Å²) in [6.45, 7) is 5.35. The minimum atomic E-state index is -0.545. The number of benzene rings is 1. The average Bonchev–Trinajstić information content (AvgIpc) is 2.67. The van der Waals surface area contributed by atoms with Crippen LogP contribution < -0.4 is 5.32 Å². The van der Waals surface area contributed by atoms with Gasteiger partial charge in [0.05, 0.1) is 16.8 Å². The number of ether oxygens (including phenoxy) is 1. The molecule has 0 aliphatic heterocycles. The van der Waals surface area contributed by atoms with E-state index in [1.54, 1.807) is 20.8 Å². The molecule has 0 saturated heterocycles. The van der Waals surface area contributed by atoms with E-state index in [0.717, 1.165) is 15.8 Å². The summed E-state index contributed by atoms with van der Waals surface area (Å²) in [5, 5.41) is 12.3. The van der Waals surface area contributed by atoms with E-state index in [9.17, 15) is 9.90 Å². The number of carbonyl (C=O) groups excluding carboxylic acids is 1. The van der Waals surface area contributed by atoms with E-state index in [1.807, 2.05) is 18.2 Å². The van der Waals surface area contributed by atoms with Crippen molar-refractivity contribution in [3.05, 3.63) is 23.8 Å². The summed E-state index contributed by atoms with van der Waals surface area (Å²) < 4.78 is 6.03. The SMILES string of the molecule is CC(C)(C)OC(=O)Nc1nc2cccc(CO)c2s1. The monoisotopic (exact) mass is 280 g/mol. The Labute approximate surface area is 115 Å². The van der Waals surface area contributed by atoms with Gasteiger partial charge in [0.15, 0.2) is 5.13 Å². The van der Waals surface area contributed by atoms with Crippen LogP contribution in [0.25, 0.3) is 10.2 Å². The predicted molar refractivity (Wildman–Crippen MR) is 75.4 cm³/mol. The molecule has 1 amide bonds. The fraction of sp³-hybridized carbons (Fsp3) is 0.385. The van der Waals surface area contributed by atoms with Crippen molar-refractivity contribution in [3.8, 4) is 0 Å². The highest BCUT2D eigenvalue weighted by atomic mass is 32.1. The number of aliphatic hydroxyl groups excluding tert-OH is 1. The van der Waals surface area contributed by atoms with Gasteiger partial charge in [-0.1, -0.05) is 23.5 Å². The number of anilines is 1. The van der Waals surface area contributed by atoms with Gasteiger partial charge in [-0.2, -0.15) is 0 Å². The average molecular weight is 280 g/mol. The zero-order valence-corrected chi connectivity index (χ0v) is 11.9. The van der Waals surface area contributed by atoms with Crippen LogP contribution in [-0.2, 0) is 11.3 Å². The van der Waals surface area contributed by atoms with Crippen LogP contribution in [0.1, 0.15) is 26.3 Å². The molecule has 2 rings (SSSR count). The number of aromatic nitrogens is 1. The Morgan fingerprint density at radius 1 is 1.47 bits per heavy atom. The highest BCUT2D eigenvalue weighted by Gasteiger charge is 2.17. The Kier molecular flexibility index (Phi) is 3.73. The number of nitrogens with zero attached hydrogens (tertiary/aromatic N) is 1. The normalized spacial score (nSPS) is 11.6. The number of hydrogen-bond acceptors (Lipinski definition) is 5. The molecule has 2 N–H and O–H groups in total. The third-order valence-electron chi connectivity index (χ3n) is 2.27. The van der Waals surface area contributed by atoms with Crippen molar-refractivity contribution >= 4 is 32.8 Å². The second-order valence-corrected chi connectivity index (χ2v) is 6.07. The molecule has 0 aliphatic rings. The largest absolute Gasteiger partial charge is 0.444 e. The van der Waals surface area contributed by atoms with Gasteiger partial charge < -0.3 is 9.84 Å². The number of fused-ring (bicyclic) bond motifs is 1. The van der Waals surface area contributed by atoms with E-state index in [4.69, 9.17) is 4.74 Å². The number of aliphatic hydroxyl groups is 1. The third-order valence-corrected chi connectivity index (χ3v) is 3.34. The van der Waals surface area contributed by atoms with Gasteiger partial charge in [0.2, 0.25) is 0 Å². The van der Waals surface area contributed by atoms with Crippen LogP contribution in [0, 0.1) is 0 Å². The Balaban J connectivity index is 2.20. The first-order valence-electron chi connectivity index (χ1n) is 5.88. The van der Waals surface area contributed by atoms with Crippen LogP contribution in [0.2, 0.25) is 0 Å². The van der Waals surface area contributed by atoms with Gasteiger partial charge in [0.1, 0.15) is 5.60 Å². The number of carbonyl (C=O) groups is 1. The molecule has 6 heteroatoms. The molecule has 1 aromatic carbocycles. The molecule has 0 fully saturated rings. The van der Waals surface area contributed by atoms with Crippen molar-refractivity contribution in [1.29, 1.82) is 0 Å². The summed E-state index contributed by atoms with van der Waals surface area (Å²) in [5.41, 5.74) is 1.01. The first kappa shape index (κ1) is 13.8. The van der Waals surface area contributed by atoms with Crippen molar-refractivity contribution in [2.75, 3.05) is 5.32 Å². The topological polar surface area (TPSA) is 71.5 Å². The fourth-order valence-corrected chi connectivity index (χ4v) is 2.53. The van der Waals surface area contributed by atoms with Crippen LogP contribution in [0.3, 0.4) is 0 Å². The Hall–Kier alpha value is -1.66. The highest BCUT2D eigenvalue weighted by molar-refractivity contribution is 7.22. The number of rotatable bonds is 2. The standard InChI is InChI=1S/C13H16N2O3S/c1-13(2,3)18-12(17)15-11-14-9-6-4-5-8(7-16)10(9)19-11/h4-6,16H,7H2,1-3H3,(H,14,15,17). The lowest BCUT2D eigenvalue weighted by Gasteiger charge is -2.18. The van der Waals surface area contributed by atoms with Crippen molar-refractivity contribution in [1.82, 2.24) is 4.98 Å². The number of thiazole rings is 1. The molecule has 2 aromatic rings. The van der Waals surface area contributed by atoms with Crippen LogP contribution in [0.15, 0.2) is 18.2 Å². The molecule has 1 heterocycles. The van der Waals surface area contributed by atoms with Crippen LogP contribution in [0.4, 0.5) is 9.93 Å². The molecule has 0 unspecified atom stereocenters. The third kappa shape index (κ3) is 3.42. The molecule has 0 aliphatic carbocycles. The van der Waals surface area contributed by atoms with E-state index >= 15 is 0 Å². The van der Waals surface area contributed by atoms with Crippen molar-refractivity contribution in [2.24, 2.45) is 0 Å². The molecule has 102 valence electrons. The maximum atomic E-state index is 11.6. The second-order valence-electron chi connectivity index (χ2n) is 5.07. The van der Waals surface area contributed by atoms with E-state index in [0.29, 0.717) is 5.13 Å². The van der Waals surface area contributed by atoms with Gasteiger partial charge in [-0.25, -0.2) is 9.78 Å². The van der Waals surface area contributed by atoms with E-state index in [2.05, 4.69) is 10.3 Å². The molecule has 0 bridgehead atoms. The summed E-state index contributed by atoms with van der Waals surface area (Å²) in [6.07, 6.45) is -0.530. The molecule has 0 saturated carbocycles.